The molecule has 4 N–H and O–H groups in total. The normalized spacial score (nSPS) is 14.2. The Balaban J connectivity index is 4.02. The van der Waals surface area contributed by atoms with E-state index in [4.69, 9.17) is 15.1 Å². The lowest BCUT2D eigenvalue weighted by Gasteiger charge is -2.28. The highest BCUT2D eigenvalue weighted by Gasteiger charge is 2.41. The molecular weight excluding hydrogens is 107 g/mol. The van der Waals surface area contributed by atoms with E-state index in [1.165, 1.54) is 0 Å². The monoisotopic (exact) mass is 120 g/mol. The highest BCUT2D eigenvalue weighted by atomic mass is 16.5. The Labute approximate surface area is 49.0 Å². The lowest BCUT2D eigenvalue weighted by molar-refractivity contribution is 0.192. The van der Waals surface area contributed by atoms with E-state index in [1.54, 1.807) is 20.8 Å². The number of hydrogen-bond acceptors (Lipinski definition) is 2. The van der Waals surface area contributed by atoms with Crippen molar-refractivity contribution in [1.29, 1.82) is 0 Å². The Morgan fingerprint density at radius 3 is 1.38 bits per heavy atom. The van der Waals surface area contributed by atoms with Gasteiger partial charge in [0.25, 0.3) is 0 Å². The van der Waals surface area contributed by atoms with E-state index in [0.717, 1.165) is 0 Å². The minimum atomic E-state index is -2.90. The fraction of sp³-hybridized carbons (Fsp3) is 1.00. The zero-order valence-corrected chi connectivity index (χ0v) is 5.47. The van der Waals surface area contributed by atoms with Crippen molar-refractivity contribution in [3.63, 3.8) is 0 Å². The second-order valence-corrected chi connectivity index (χ2v) is 3.14. The van der Waals surface area contributed by atoms with Gasteiger partial charge >= 0.3 is 6.75 Å². The molecule has 4 heteroatoms. The molecule has 0 saturated carbocycles. The van der Waals surface area contributed by atoms with Crippen LogP contribution in [0, 0.1) is 0 Å². The van der Waals surface area contributed by atoms with Gasteiger partial charge in [-0.1, -0.05) is 20.8 Å². The lowest BCUT2D eigenvalue weighted by Crippen LogP contribution is -2.44. The van der Waals surface area contributed by atoms with E-state index in [1.807, 2.05) is 0 Å². The summed E-state index contributed by atoms with van der Waals surface area (Å²) in [5.41, 5.74) is 0. The minimum Gasteiger partial charge on any atom is -0.644 e. The zero-order chi connectivity index (χ0) is 7.00. The fourth-order valence-electron chi connectivity index (χ4n) is 0. The van der Waals surface area contributed by atoms with Crippen LogP contribution in [0.4, 0.5) is 0 Å². The first-order valence-electron chi connectivity index (χ1n) is 2.59. The predicted octanol–water partition coefficient (Wildman–Crippen LogP) is -0.565. The number of rotatable bonds is 0. The van der Waals surface area contributed by atoms with Crippen LogP contribution in [-0.2, 0) is 0 Å². The van der Waals surface area contributed by atoms with Crippen LogP contribution >= 0.6 is 0 Å². The van der Waals surface area contributed by atoms with Gasteiger partial charge in [0.2, 0.25) is 0 Å². The molecule has 0 fully saturated rings. The third-order valence-corrected chi connectivity index (χ3v) is 1.21. The maximum atomic E-state index is 8.64. The summed E-state index contributed by atoms with van der Waals surface area (Å²) >= 11 is 0. The maximum Gasteiger partial charge on any atom is 0.568 e. The molecule has 0 spiro atoms. The lowest BCUT2D eigenvalue weighted by atomic mass is 9.55. The molecule has 50 valence electrons. The smallest absolute Gasteiger partial charge is 0.568 e. The van der Waals surface area contributed by atoms with Gasteiger partial charge in [0.15, 0.2) is 0 Å². The van der Waals surface area contributed by atoms with Gasteiger partial charge in [0.05, 0.1) is 0 Å². The second kappa shape index (κ2) is 1.72. The SMILES string of the molecule is CC(C)(C)[B-](O)(O)[OH2+]. The van der Waals surface area contributed by atoms with Crippen molar-refractivity contribution in [2.45, 2.75) is 26.1 Å². The molecule has 0 saturated heterocycles. The van der Waals surface area contributed by atoms with Gasteiger partial charge in [-0.3, -0.25) is 0 Å². The molecule has 0 unspecified atom stereocenters. The van der Waals surface area contributed by atoms with Gasteiger partial charge in [-0.15, -0.1) is 0 Å². The molecule has 0 atom stereocenters. The van der Waals surface area contributed by atoms with Crippen LogP contribution in [0.15, 0.2) is 0 Å². The molecule has 8 heavy (non-hydrogen) atoms. The van der Waals surface area contributed by atoms with Crippen LogP contribution in [0.2, 0.25) is 5.31 Å². The molecule has 0 aliphatic carbocycles. The topological polar surface area (TPSA) is 63.4 Å². The van der Waals surface area contributed by atoms with Crippen LogP contribution in [0.1, 0.15) is 20.8 Å². The largest absolute Gasteiger partial charge is 0.644 e. The van der Waals surface area contributed by atoms with Crippen molar-refractivity contribution in [2.24, 2.45) is 0 Å². The van der Waals surface area contributed by atoms with Crippen molar-refractivity contribution >= 4 is 6.75 Å². The quantitative estimate of drug-likeness (QED) is 0.332. The van der Waals surface area contributed by atoms with E-state index in [2.05, 4.69) is 0 Å². The summed E-state index contributed by atoms with van der Waals surface area (Å²) in [6, 6.07) is 0. The molecule has 0 aliphatic heterocycles. The molecule has 0 radical (unpaired) electrons. The zero-order valence-electron chi connectivity index (χ0n) is 5.47. The molecule has 0 amide bonds. The Kier molecular flexibility index (Phi) is 1.71. The van der Waals surface area contributed by atoms with Gasteiger partial charge in [-0.2, -0.15) is 0 Å². The van der Waals surface area contributed by atoms with Crippen molar-refractivity contribution in [3.05, 3.63) is 0 Å². The van der Waals surface area contributed by atoms with Crippen LogP contribution in [-0.4, -0.2) is 21.8 Å². The first kappa shape index (κ1) is 7.94. The Morgan fingerprint density at radius 2 is 1.38 bits per heavy atom. The summed E-state index contributed by atoms with van der Waals surface area (Å²) in [4.78, 5) is 0. The Hall–Kier alpha value is -0.0551. The van der Waals surface area contributed by atoms with E-state index < -0.39 is 12.1 Å². The van der Waals surface area contributed by atoms with Crippen LogP contribution < -0.4 is 0 Å². The summed E-state index contributed by atoms with van der Waals surface area (Å²) in [6.45, 7) is 1.94. The van der Waals surface area contributed by atoms with Crippen LogP contribution in [0.5, 0.6) is 0 Å². The third kappa shape index (κ3) is 1.82. The average Bonchev–Trinajstić information content (AvgIpc) is 1.25. The van der Waals surface area contributed by atoms with Crippen molar-refractivity contribution in [2.75, 3.05) is 0 Å². The maximum absolute atomic E-state index is 8.64. The summed E-state index contributed by atoms with van der Waals surface area (Å²) in [7, 11) is 0. The number of hydrogen-bond donors (Lipinski definition) is 2. The first-order chi connectivity index (χ1) is 3.25. The predicted molar refractivity (Wildman–Crippen MR) is 33.5 cm³/mol. The Morgan fingerprint density at radius 1 is 1.25 bits per heavy atom. The highest BCUT2D eigenvalue weighted by Crippen LogP contribution is 2.29. The minimum absolute atomic E-state index is 0.722. The second-order valence-electron chi connectivity index (χ2n) is 3.14. The molecule has 0 aliphatic rings. The fourth-order valence-corrected chi connectivity index (χ4v) is 0. The Bertz CT molecular complexity index is 66.3. The van der Waals surface area contributed by atoms with E-state index in [9.17, 15) is 0 Å². The van der Waals surface area contributed by atoms with Gasteiger partial charge in [-0.25, -0.2) is 0 Å². The highest BCUT2D eigenvalue weighted by molar-refractivity contribution is 6.59. The van der Waals surface area contributed by atoms with Crippen LogP contribution in [0.3, 0.4) is 0 Å². The van der Waals surface area contributed by atoms with Gasteiger partial charge in [0, 0.05) is 0 Å². The van der Waals surface area contributed by atoms with Gasteiger partial charge < -0.3 is 15.1 Å². The van der Waals surface area contributed by atoms with Crippen molar-refractivity contribution in [3.8, 4) is 0 Å². The summed E-state index contributed by atoms with van der Waals surface area (Å²) < 4.78 is 0. The molecule has 0 bridgehead atoms. The molecule has 3 nitrogen and oxygen atoms in total. The van der Waals surface area contributed by atoms with E-state index in [0.29, 0.717) is 0 Å². The van der Waals surface area contributed by atoms with Gasteiger partial charge in [0.1, 0.15) is 0 Å². The van der Waals surface area contributed by atoms with Crippen molar-refractivity contribution < 1.29 is 15.1 Å². The molecule has 0 aromatic heterocycles. The summed E-state index contributed by atoms with van der Waals surface area (Å²) in [5.74, 6) is 0. The molecule has 0 heterocycles. The summed E-state index contributed by atoms with van der Waals surface area (Å²) in [5, 5.41) is 23.3. The van der Waals surface area contributed by atoms with E-state index in [-0.39, 0.29) is 0 Å². The summed E-state index contributed by atoms with van der Waals surface area (Å²) in [6.07, 6.45) is 0. The molecule has 0 aromatic rings. The molecular formula is C4H13BO3. The average molecular weight is 120 g/mol. The van der Waals surface area contributed by atoms with Gasteiger partial charge in [-0.05, 0) is 5.31 Å². The third-order valence-electron chi connectivity index (χ3n) is 1.21. The first-order valence-corrected chi connectivity index (χ1v) is 2.59. The standard InChI is InChI=1S/C4H13BO3/c1-4(2,3)5(6,7)8/h6-7H,8H2,1-3H3. The van der Waals surface area contributed by atoms with E-state index >= 15 is 0 Å². The van der Waals surface area contributed by atoms with Crippen LogP contribution in [0.25, 0.3) is 0 Å². The molecule has 0 rings (SSSR count). The van der Waals surface area contributed by atoms with Crippen molar-refractivity contribution in [1.82, 2.24) is 0 Å². The molecule has 0 aromatic carbocycles.